The molecule has 0 saturated carbocycles. The van der Waals surface area contributed by atoms with E-state index in [0.29, 0.717) is 23.9 Å². The molecule has 1 fully saturated rings. The van der Waals surface area contributed by atoms with E-state index < -0.39 is 12.1 Å². The van der Waals surface area contributed by atoms with Crippen molar-refractivity contribution in [1.82, 2.24) is 19.8 Å². The van der Waals surface area contributed by atoms with E-state index in [9.17, 15) is 19.5 Å². The molecule has 9 nitrogen and oxygen atoms in total. The Morgan fingerprint density at radius 3 is 2.64 bits per heavy atom. The summed E-state index contributed by atoms with van der Waals surface area (Å²) in [6.07, 6.45) is 4.14. The van der Waals surface area contributed by atoms with Crippen LogP contribution in [0.5, 0.6) is 0 Å². The maximum absolute atomic E-state index is 12.7. The number of hydrogen-bond acceptors (Lipinski definition) is 6. The van der Waals surface area contributed by atoms with E-state index in [1.807, 2.05) is 11.8 Å². The third-order valence-corrected chi connectivity index (χ3v) is 5.05. The highest BCUT2D eigenvalue weighted by Crippen LogP contribution is 2.25. The predicted molar refractivity (Wildman–Crippen MR) is 101 cm³/mol. The van der Waals surface area contributed by atoms with Crippen molar-refractivity contribution in [3.63, 3.8) is 0 Å². The highest BCUT2D eigenvalue weighted by Gasteiger charge is 2.26. The van der Waals surface area contributed by atoms with Crippen molar-refractivity contribution in [2.45, 2.75) is 38.8 Å². The van der Waals surface area contributed by atoms with E-state index in [1.165, 1.54) is 19.5 Å². The fraction of sp³-hybridized carbons (Fsp3) is 0.474. The van der Waals surface area contributed by atoms with Gasteiger partial charge in [-0.3, -0.25) is 4.79 Å². The van der Waals surface area contributed by atoms with Crippen LogP contribution in [-0.4, -0.2) is 63.8 Å². The van der Waals surface area contributed by atoms with E-state index in [0.717, 1.165) is 30.5 Å². The molecule has 2 aromatic heterocycles. The molecule has 0 spiro atoms. The minimum absolute atomic E-state index is 0.0709. The molecule has 3 heterocycles. The second kappa shape index (κ2) is 8.39. The number of carbonyl (C=O) groups excluding carboxylic acids is 2. The highest BCUT2D eigenvalue weighted by atomic mass is 16.5. The molecule has 0 aliphatic carbocycles. The topological polar surface area (TPSA) is 114 Å². The molecule has 28 heavy (non-hydrogen) atoms. The average molecular weight is 388 g/mol. The summed E-state index contributed by atoms with van der Waals surface area (Å²) in [5.41, 5.74) is 0.966. The Hall–Kier alpha value is -2.94. The lowest BCUT2D eigenvalue weighted by Crippen LogP contribution is -2.44. The van der Waals surface area contributed by atoms with Crippen molar-refractivity contribution < 1.29 is 24.2 Å². The number of ether oxygens (including phenoxy) is 1. The zero-order chi connectivity index (χ0) is 20.3. The van der Waals surface area contributed by atoms with Gasteiger partial charge in [0, 0.05) is 37.4 Å². The molecule has 150 valence electrons. The van der Waals surface area contributed by atoms with Crippen LogP contribution >= 0.6 is 0 Å². The Morgan fingerprint density at radius 1 is 1.32 bits per heavy atom. The number of amides is 1. The summed E-state index contributed by atoms with van der Waals surface area (Å²) in [5, 5.41) is 13.1. The molecule has 1 unspecified atom stereocenters. The van der Waals surface area contributed by atoms with Crippen molar-refractivity contribution in [1.29, 1.82) is 0 Å². The molecule has 3 rings (SSSR count). The largest absolute Gasteiger partial charge is 0.465 e. The lowest BCUT2D eigenvalue weighted by Gasteiger charge is -2.23. The Morgan fingerprint density at radius 2 is 2.04 bits per heavy atom. The molecule has 0 aromatic carbocycles. The van der Waals surface area contributed by atoms with Crippen LogP contribution in [0.3, 0.4) is 0 Å². The van der Waals surface area contributed by atoms with Crippen molar-refractivity contribution in [2.75, 3.05) is 20.2 Å². The molecule has 9 heteroatoms. The Labute approximate surface area is 162 Å². The van der Waals surface area contributed by atoms with E-state index in [1.54, 1.807) is 6.07 Å². The third kappa shape index (κ3) is 3.70. The second-order valence-corrected chi connectivity index (χ2v) is 6.73. The van der Waals surface area contributed by atoms with Gasteiger partial charge in [0.15, 0.2) is 5.65 Å². The fourth-order valence-corrected chi connectivity index (χ4v) is 3.58. The van der Waals surface area contributed by atoms with Crippen LogP contribution in [0.25, 0.3) is 11.0 Å². The zero-order valence-corrected chi connectivity index (χ0v) is 16.0. The third-order valence-electron chi connectivity index (χ3n) is 5.05. The van der Waals surface area contributed by atoms with Gasteiger partial charge in [0.2, 0.25) is 5.91 Å². The van der Waals surface area contributed by atoms with Gasteiger partial charge >= 0.3 is 12.1 Å². The number of nitrogens with one attached hydrogen (secondary N) is 1. The first kappa shape index (κ1) is 19.8. The average Bonchev–Trinajstić information content (AvgIpc) is 3.36. The molecule has 1 aliphatic heterocycles. The summed E-state index contributed by atoms with van der Waals surface area (Å²) in [6.45, 7) is 3.80. The van der Waals surface area contributed by atoms with E-state index in [2.05, 4.69) is 10.3 Å². The van der Waals surface area contributed by atoms with Crippen LogP contribution < -0.4 is 5.32 Å². The molecular formula is C19H24N4O5. The summed E-state index contributed by atoms with van der Waals surface area (Å²) < 4.78 is 5.69. The van der Waals surface area contributed by atoms with Gasteiger partial charge in [0.25, 0.3) is 0 Å². The van der Waals surface area contributed by atoms with Crippen molar-refractivity contribution >= 4 is 29.0 Å². The maximum atomic E-state index is 12.7. The zero-order valence-electron chi connectivity index (χ0n) is 16.0. The van der Waals surface area contributed by atoms with Gasteiger partial charge in [0.05, 0.1) is 18.7 Å². The van der Waals surface area contributed by atoms with Gasteiger partial charge in [-0.1, -0.05) is 6.92 Å². The molecular weight excluding hydrogens is 364 g/mol. The second-order valence-electron chi connectivity index (χ2n) is 6.73. The number of methoxy groups -OCH3 is 1. The van der Waals surface area contributed by atoms with Gasteiger partial charge in [0.1, 0.15) is 0 Å². The molecule has 1 aliphatic rings. The smallest absolute Gasteiger partial charge is 0.417 e. The Bertz CT molecular complexity index is 901. The number of nitrogens with zero attached hydrogens (tertiary/aromatic N) is 3. The first-order chi connectivity index (χ1) is 13.5. The number of hydrogen-bond donors (Lipinski definition) is 2. The van der Waals surface area contributed by atoms with Crippen molar-refractivity contribution in [2.24, 2.45) is 0 Å². The van der Waals surface area contributed by atoms with Gasteiger partial charge in [-0.15, -0.1) is 0 Å². The van der Waals surface area contributed by atoms with Crippen LogP contribution in [0.1, 0.15) is 42.1 Å². The summed E-state index contributed by atoms with van der Waals surface area (Å²) in [5.74, 6) is -0.568. The van der Waals surface area contributed by atoms with Crippen molar-refractivity contribution in [3.8, 4) is 0 Å². The Kier molecular flexibility index (Phi) is 5.93. The number of rotatable bonds is 6. The number of aromatic nitrogens is 2. The maximum Gasteiger partial charge on any atom is 0.417 e. The number of fused-ring (bicyclic) bond motifs is 1. The monoisotopic (exact) mass is 388 g/mol. The van der Waals surface area contributed by atoms with Crippen LogP contribution in [0, 0.1) is 0 Å². The fourth-order valence-electron chi connectivity index (χ4n) is 3.58. The molecule has 1 atom stereocenters. The van der Waals surface area contributed by atoms with Crippen LogP contribution in [-0.2, 0) is 16.1 Å². The van der Waals surface area contributed by atoms with E-state index in [-0.39, 0.29) is 23.2 Å². The minimum atomic E-state index is -1.24. The number of carboxylic acid groups (broad SMARTS) is 1. The van der Waals surface area contributed by atoms with Gasteiger partial charge < -0.3 is 20.1 Å². The summed E-state index contributed by atoms with van der Waals surface area (Å²) in [6, 6.07) is 1.37. The molecule has 1 saturated heterocycles. The summed E-state index contributed by atoms with van der Waals surface area (Å²) >= 11 is 0. The predicted octanol–water partition coefficient (Wildman–Crippen LogP) is 1.84. The minimum Gasteiger partial charge on any atom is -0.465 e. The molecule has 1 amide bonds. The Balaban J connectivity index is 1.91. The van der Waals surface area contributed by atoms with Crippen LogP contribution in [0.4, 0.5) is 4.79 Å². The number of esters is 1. The highest BCUT2D eigenvalue weighted by molar-refractivity contribution is 6.06. The van der Waals surface area contributed by atoms with E-state index in [4.69, 9.17) is 4.74 Å². The van der Waals surface area contributed by atoms with E-state index >= 15 is 0 Å². The quantitative estimate of drug-likeness (QED) is 0.726. The number of carbonyl (C=O) groups is 3. The van der Waals surface area contributed by atoms with Gasteiger partial charge in [-0.25, -0.2) is 19.1 Å². The van der Waals surface area contributed by atoms with Crippen LogP contribution in [0.15, 0.2) is 18.5 Å². The summed E-state index contributed by atoms with van der Waals surface area (Å²) in [4.78, 5) is 42.3. The van der Waals surface area contributed by atoms with Crippen LogP contribution in [0.2, 0.25) is 0 Å². The normalized spacial score (nSPS) is 15.0. The van der Waals surface area contributed by atoms with Gasteiger partial charge in [-0.05, 0) is 30.9 Å². The van der Waals surface area contributed by atoms with Crippen molar-refractivity contribution in [3.05, 3.63) is 29.6 Å². The standard InChI is InChI=1S/C19H24N4O5/c1-3-14(17(24)22-8-4-5-9-22)21-10-12-6-7-20-16-15(12)13(18(25)28-2)11-23(16)19(26)27/h6-7,11,14,21H,3-5,8-10H2,1-2H3,(H,26,27). The lowest BCUT2D eigenvalue weighted by molar-refractivity contribution is -0.132. The molecule has 2 aromatic rings. The first-order valence-electron chi connectivity index (χ1n) is 9.30. The first-order valence-corrected chi connectivity index (χ1v) is 9.30. The van der Waals surface area contributed by atoms with Gasteiger partial charge in [-0.2, -0.15) is 0 Å². The summed E-state index contributed by atoms with van der Waals surface area (Å²) in [7, 11) is 1.24. The SMILES string of the molecule is CCC(NCc1ccnc2c1c(C(=O)OC)cn2C(=O)O)C(=O)N1CCCC1. The molecule has 0 radical (unpaired) electrons. The molecule has 2 N–H and O–H groups in total. The molecule has 0 bridgehead atoms. The number of likely N-dealkylation sites (tertiary alicyclic amines) is 1. The lowest BCUT2D eigenvalue weighted by atomic mass is 10.1. The number of pyridine rings is 1.